The Morgan fingerprint density at radius 1 is 0.893 bits per heavy atom. The van der Waals surface area contributed by atoms with E-state index in [-0.39, 0.29) is 11.3 Å². The van der Waals surface area contributed by atoms with Crippen LogP contribution in [0.3, 0.4) is 0 Å². The number of nitrogens with zero attached hydrogens (tertiary/aromatic N) is 3. The molecule has 0 spiro atoms. The molecule has 4 nitrogen and oxygen atoms in total. The molecule has 0 amide bonds. The van der Waals surface area contributed by atoms with Crippen LogP contribution < -0.4 is 0 Å². The Balaban J connectivity index is 2.33. The van der Waals surface area contributed by atoms with E-state index in [2.05, 4.69) is 50.1 Å². The van der Waals surface area contributed by atoms with Gasteiger partial charge in [0.25, 0.3) is 0 Å². The fourth-order valence-electron chi connectivity index (χ4n) is 3.73. The normalized spacial score (nSPS) is 20.8. The number of hydrogen-bond donors (Lipinski definition) is 1. The minimum atomic E-state index is -1.76. The molecule has 0 aromatic heterocycles. The zero-order chi connectivity index (χ0) is 20.5. The van der Waals surface area contributed by atoms with E-state index in [0.717, 1.165) is 20.1 Å². The van der Waals surface area contributed by atoms with Gasteiger partial charge >= 0.3 is 0 Å². The molecule has 2 aromatic carbocycles. The standard InChI is InChI=1S/C22H14Br2N4/c1-21(15-4-8-17(24)9-5-15)10-18(14-2-6-16(23)7-3-14)19(11-25)20(28)22(21,12-26)13-27/h2-9,28H,10H2,1H3. The van der Waals surface area contributed by atoms with E-state index >= 15 is 0 Å². The van der Waals surface area contributed by atoms with Crippen molar-refractivity contribution in [3.63, 3.8) is 0 Å². The number of nitriles is 3. The fourth-order valence-corrected chi connectivity index (χ4v) is 4.26. The molecule has 1 unspecified atom stereocenters. The zero-order valence-corrected chi connectivity index (χ0v) is 18.1. The fraction of sp³-hybridized carbons (Fsp3) is 0.182. The highest BCUT2D eigenvalue weighted by Gasteiger charge is 2.58. The van der Waals surface area contributed by atoms with Gasteiger partial charge in [-0.25, -0.2) is 0 Å². The Morgan fingerprint density at radius 3 is 1.86 bits per heavy atom. The molecule has 2 aromatic rings. The zero-order valence-electron chi connectivity index (χ0n) is 14.9. The van der Waals surface area contributed by atoms with Gasteiger partial charge in [-0.05, 0) is 47.4 Å². The molecule has 0 heterocycles. The molecule has 0 bridgehead atoms. The Morgan fingerprint density at radius 2 is 1.39 bits per heavy atom. The van der Waals surface area contributed by atoms with Gasteiger partial charge in [0.1, 0.15) is 6.07 Å². The second-order valence-corrected chi connectivity index (χ2v) is 8.67. The van der Waals surface area contributed by atoms with E-state index in [4.69, 9.17) is 5.41 Å². The molecular weight excluding hydrogens is 480 g/mol. The van der Waals surface area contributed by atoms with Crippen LogP contribution in [0.15, 0.2) is 63.0 Å². The molecule has 0 fully saturated rings. The highest BCUT2D eigenvalue weighted by atomic mass is 79.9. The molecule has 1 aliphatic rings. The number of halogens is 2. The van der Waals surface area contributed by atoms with E-state index in [1.54, 1.807) is 0 Å². The summed E-state index contributed by atoms with van der Waals surface area (Å²) in [5.41, 5.74) is -0.643. The highest BCUT2D eigenvalue weighted by Crippen LogP contribution is 2.53. The van der Waals surface area contributed by atoms with Crippen LogP contribution in [0.4, 0.5) is 0 Å². The molecule has 1 atom stereocenters. The lowest BCUT2D eigenvalue weighted by Gasteiger charge is -2.44. The van der Waals surface area contributed by atoms with E-state index in [1.807, 2.05) is 55.5 Å². The van der Waals surface area contributed by atoms with Crippen LogP contribution in [0.2, 0.25) is 0 Å². The van der Waals surface area contributed by atoms with E-state index in [1.165, 1.54) is 0 Å². The SMILES string of the molecule is CC1(c2ccc(Br)cc2)CC(c2ccc(Br)cc2)=C(C#N)C(=N)C1(C#N)C#N. The molecule has 0 aliphatic heterocycles. The number of benzene rings is 2. The predicted octanol–water partition coefficient (Wildman–Crippen LogP) is 5.90. The summed E-state index contributed by atoms with van der Waals surface area (Å²) in [5.74, 6) is 0. The number of hydrogen-bond acceptors (Lipinski definition) is 4. The van der Waals surface area contributed by atoms with Gasteiger partial charge in [0.05, 0.1) is 23.4 Å². The number of rotatable bonds is 2. The second-order valence-electron chi connectivity index (χ2n) is 6.84. The lowest BCUT2D eigenvalue weighted by atomic mass is 9.53. The highest BCUT2D eigenvalue weighted by molar-refractivity contribution is 9.10. The molecule has 136 valence electrons. The third-order valence-electron chi connectivity index (χ3n) is 5.41. The Labute approximate surface area is 180 Å². The molecule has 6 heteroatoms. The van der Waals surface area contributed by atoms with Crippen molar-refractivity contribution >= 4 is 43.1 Å². The third kappa shape index (κ3) is 2.89. The summed E-state index contributed by atoms with van der Waals surface area (Å²) in [6.45, 7) is 1.82. The van der Waals surface area contributed by atoms with Crippen LogP contribution in [0.5, 0.6) is 0 Å². The average molecular weight is 494 g/mol. The summed E-state index contributed by atoms with van der Waals surface area (Å²) < 4.78 is 1.78. The first-order valence-corrected chi connectivity index (χ1v) is 9.98. The average Bonchev–Trinajstić information content (AvgIpc) is 2.69. The van der Waals surface area contributed by atoms with Crippen LogP contribution in [0.25, 0.3) is 5.57 Å². The van der Waals surface area contributed by atoms with Crippen molar-refractivity contribution in [2.24, 2.45) is 5.41 Å². The van der Waals surface area contributed by atoms with Crippen LogP contribution >= 0.6 is 31.9 Å². The summed E-state index contributed by atoms with van der Waals surface area (Å²) in [5, 5.41) is 38.5. The molecule has 3 rings (SSSR count). The molecule has 0 radical (unpaired) electrons. The Kier molecular flexibility index (Phi) is 5.26. The first-order chi connectivity index (χ1) is 13.3. The summed E-state index contributed by atoms with van der Waals surface area (Å²) >= 11 is 6.81. The summed E-state index contributed by atoms with van der Waals surface area (Å²) in [4.78, 5) is 0. The molecule has 1 N–H and O–H groups in total. The maximum Gasteiger partial charge on any atom is 0.195 e. The molecule has 28 heavy (non-hydrogen) atoms. The lowest BCUT2D eigenvalue weighted by molar-refractivity contribution is 0.357. The smallest absolute Gasteiger partial charge is 0.195 e. The van der Waals surface area contributed by atoms with Crippen LogP contribution in [0, 0.1) is 44.8 Å². The molecular formula is C22H14Br2N4. The van der Waals surface area contributed by atoms with Crippen molar-refractivity contribution in [2.45, 2.75) is 18.8 Å². The van der Waals surface area contributed by atoms with Crippen LogP contribution in [-0.4, -0.2) is 5.71 Å². The van der Waals surface area contributed by atoms with Gasteiger partial charge in [-0.15, -0.1) is 0 Å². The lowest BCUT2D eigenvalue weighted by Crippen LogP contribution is -2.50. The van der Waals surface area contributed by atoms with Crippen molar-refractivity contribution in [1.29, 1.82) is 21.2 Å². The maximum atomic E-state index is 10.0. The number of allylic oxidation sites excluding steroid dienone is 2. The summed E-state index contributed by atoms with van der Waals surface area (Å²) in [6, 6.07) is 21.1. The quantitative estimate of drug-likeness (QED) is 0.563. The minimum Gasteiger partial charge on any atom is -0.301 e. The maximum absolute atomic E-state index is 10.0. The predicted molar refractivity (Wildman–Crippen MR) is 114 cm³/mol. The first-order valence-electron chi connectivity index (χ1n) is 8.40. The van der Waals surface area contributed by atoms with Crippen molar-refractivity contribution in [3.8, 4) is 18.2 Å². The molecule has 0 saturated heterocycles. The monoisotopic (exact) mass is 492 g/mol. The molecule has 0 saturated carbocycles. The van der Waals surface area contributed by atoms with Crippen LogP contribution in [0.1, 0.15) is 24.5 Å². The van der Waals surface area contributed by atoms with Gasteiger partial charge in [0.2, 0.25) is 0 Å². The van der Waals surface area contributed by atoms with E-state index < -0.39 is 10.8 Å². The first kappa shape index (κ1) is 20.0. The van der Waals surface area contributed by atoms with Crippen molar-refractivity contribution in [3.05, 3.63) is 74.2 Å². The Hall–Kier alpha value is -2.72. The Bertz CT molecular complexity index is 1100. The summed E-state index contributed by atoms with van der Waals surface area (Å²) in [6.07, 6.45) is 0.294. The van der Waals surface area contributed by atoms with Crippen molar-refractivity contribution in [2.75, 3.05) is 0 Å². The van der Waals surface area contributed by atoms with Crippen LogP contribution in [-0.2, 0) is 5.41 Å². The summed E-state index contributed by atoms with van der Waals surface area (Å²) in [7, 11) is 0. The van der Waals surface area contributed by atoms with Gasteiger partial charge in [0.15, 0.2) is 5.41 Å². The van der Waals surface area contributed by atoms with Gasteiger partial charge in [-0.2, -0.15) is 15.8 Å². The third-order valence-corrected chi connectivity index (χ3v) is 6.46. The number of nitrogens with one attached hydrogen (secondary N) is 1. The minimum absolute atomic E-state index is 0.0972. The topological polar surface area (TPSA) is 95.2 Å². The van der Waals surface area contributed by atoms with Gasteiger partial charge in [-0.3, -0.25) is 0 Å². The largest absolute Gasteiger partial charge is 0.301 e. The van der Waals surface area contributed by atoms with Gasteiger partial charge < -0.3 is 5.41 Å². The van der Waals surface area contributed by atoms with E-state index in [9.17, 15) is 15.8 Å². The van der Waals surface area contributed by atoms with E-state index in [0.29, 0.717) is 12.0 Å². The van der Waals surface area contributed by atoms with Crippen molar-refractivity contribution in [1.82, 2.24) is 0 Å². The molecule has 1 aliphatic carbocycles. The van der Waals surface area contributed by atoms with Gasteiger partial charge in [0, 0.05) is 14.4 Å². The van der Waals surface area contributed by atoms with Gasteiger partial charge in [-0.1, -0.05) is 63.0 Å². The van der Waals surface area contributed by atoms with Crippen molar-refractivity contribution < 1.29 is 0 Å². The second kappa shape index (κ2) is 7.36.